The first kappa shape index (κ1) is 14.6. The number of carboxylic acids is 1. The fourth-order valence-corrected chi connectivity index (χ4v) is 3.41. The molecule has 0 saturated carbocycles. The van der Waals surface area contributed by atoms with Crippen LogP contribution < -0.4 is 10.9 Å². The van der Waals surface area contributed by atoms with Crippen LogP contribution in [-0.2, 0) is 16.1 Å². The Labute approximate surface area is 120 Å². The van der Waals surface area contributed by atoms with E-state index < -0.39 is 11.5 Å². The molecule has 1 amide bonds. The number of hydrogen-bond acceptors (Lipinski definition) is 4. The third-order valence-electron chi connectivity index (χ3n) is 3.29. The zero-order chi connectivity index (χ0) is 14.6. The number of carboxylic acid groups (broad SMARTS) is 1. The molecule has 20 heavy (non-hydrogen) atoms. The standard InChI is InChI=1S/C13H16N2O4S/c16-10(4-7-15-6-2-1-3-11(15)17)14-13(12(18)19)5-8-20-9-13/h1-3,6H,4-5,7-9H2,(H,14,16)(H,18,19)/t13-/m1/s1. The van der Waals surface area contributed by atoms with E-state index in [0.717, 1.165) is 5.75 Å². The fraction of sp³-hybridized carbons (Fsp3) is 0.462. The van der Waals surface area contributed by atoms with Gasteiger partial charge >= 0.3 is 5.97 Å². The number of nitrogens with zero attached hydrogens (tertiary/aromatic N) is 1. The van der Waals surface area contributed by atoms with Gasteiger partial charge in [-0.15, -0.1) is 0 Å². The molecular weight excluding hydrogens is 280 g/mol. The van der Waals surface area contributed by atoms with Crippen molar-refractivity contribution in [2.75, 3.05) is 11.5 Å². The van der Waals surface area contributed by atoms with E-state index >= 15 is 0 Å². The van der Waals surface area contributed by atoms with Crippen LogP contribution in [0.4, 0.5) is 0 Å². The zero-order valence-corrected chi connectivity index (χ0v) is 11.7. The maximum Gasteiger partial charge on any atom is 0.330 e. The Kier molecular flexibility index (Phi) is 4.49. The molecule has 1 saturated heterocycles. The first-order chi connectivity index (χ1) is 9.53. The first-order valence-electron chi connectivity index (χ1n) is 6.31. The van der Waals surface area contributed by atoms with E-state index in [-0.39, 0.29) is 24.4 Å². The first-order valence-corrected chi connectivity index (χ1v) is 7.47. The molecule has 0 aliphatic carbocycles. The molecule has 2 rings (SSSR count). The van der Waals surface area contributed by atoms with E-state index in [4.69, 9.17) is 0 Å². The highest BCUT2D eigenvalue weighted by atomic mass is 32.2. The Morgan fingerprint density at radius 2 is 2.25 bits per heavy atom. The van der Waals surface area contributed by atoms with Crippen LogP contribution in [0.1, 0.15) is 12.8 Å². The van der Waals surface area contributed by atoms with Gasteiger partial charge in [-0.3, -0.25) is 9.59 Å². The summed E-state index contributed by atoms with van der Waals surface area (Å²) in [6.45, 7) is 0.244. The third kappa shape index (κ3) is 3.22. The Bertz CT molecular complexity index is 563. The van der Waals surface area contributed by atoms with Gasteiger partial charge in [0.25, 0.3) is 5.56 Å². The summed E-state index contributed by atoms with van der Waals surface area (Å²) in [4.78, 5) is 34.7. The molecule has 1 fully saturated rings. The van der Waals surface area contributed by atoms with Crippen molar-refractivity contribution in [2.24, 2.45) is 0 Å². The highest BCUT2D eigenvalue weighted by Crippen LogP contribution is 2.28. The molecule has 2 N–H and O–H groups in total. The van der Waals surface area contributed by atoms with Crippen LogP contribution in [0.3, 0.4) is 0 Å². The number of aliphatic carboxylic acids is 1. The van der Waals surface area contributed by atoms with Gasteiger partial charge in [0.05, 0.1) is 0 Å². The lowest BCUT2D eigenvalue weighted by Gasteiger charge is -2.24. The molecule has 0 aromatic carbocycles. The lowest BCUT2D eigenvalue weighted by Crippen LogP contribution is -2.54. The van der Waals surface area contributed by atoms with Crippen molar-refractivity contribution >= 4 is 23.6 Å². The minimum atomic E-state index is -1.15. The summed E-state index contributed by atoms with van der Waals surface area (Å²) < 4.78 is 1.43. The number of nitrogens with one attached hydrogen (secondary N) is 1. The summed E-state index contributed by atoms with van der Waals surface area (Å²) >= 11 is 1.52. The molecule has 7 heteroatoms. The van der Waals surface area contributed by atoms with E-state index in [2.05, 4.69) is 5.32 Å². The van der Waals surface area contributed by atoms with E-state index in [9.17, 15) is 19.5 Å². The average Bonchev–Trinajstić information content (AvgIpc) is 2.88. The number of hydrogen-bond donors (Lipinski definition) is 2. The largest absolute Gasteiger partial charge is 0.479 e. The summed E-state index contributed by atoms with van der Waals surface area (Å²) in [6, 6.07) is 4.77. The highest BCUT2D eigenvalue weighted by molar-refractivity contribution is 7.99. The van der Waals surface area contributed by atoms with Crippen molar-refractivity contribution in [3.05, 3.63) is 34.7 Å². The van der Waals surface area contributed by atoms with Gasteiger partial charge in [-0.2, -0.15) is 11.8 Å². The molecule has 1 aromatic heterocycles. The van der Waals surface area contributed by atoms with Gasteiger partial charge in [-0.1, -0.05) is 6.07 Å². The number of aryl methyl sites for hydroxylation is 1. The van der Waals surface area contributed by atoms with E-state index in [1.165, 1.54) is 22.4 Å². The number of amides is 1. The number of carbonyl (C=O) groups is 2. The molecule has 1 aromatic rings. The molecule has 108 valence electrons. The zero-order valence-electron chi connectivity index (χ0n) is 10.9. The van der Waals surface area contributed by atoms with Crippen molar-refractivity contribution in [3.63, 3.8) is 0 Å². The summed E-state index contributed by atoms with van der Waals surface area (Å²) in [6.07, 6.45) is 2.13. The monoisotopic (exact) mass is 296 g/mol. The van der Waals surface area contributed by atoms with Crippen molar-refractivity contribution in [3.8, 4) is 0 Å². The molecule has 0 unspecified atom stereocenters. The Balaban J connectivity index is 1.94. The lowest BCUT2D eigenvalue weighted by atomic mass is 9.99. The smallest absolute Gasteiger partial charge is 0.330 e. The second kappa shape index (κ2) is 6.13. The van der Waals surface area contributed by atoms with Crippen molar-refractivity contribution in [2.45, 2.75) is 24.9 Å². The Morgan fingerprint density at radius 3 is 2.85 bits per heavy atom. The average molecular weight is 296 g/mol. The number of pyridine rings is 1. The second-order valence-electron chi connectivity index (χ2n) is 4.72. The van der Waals surface area contributed by atoms with Gasteiger partial charge in [-0.05, 0) is 18.2 Å². The predicted molar refractivity (Wildman–Crippen MR) is 75.8 cm³/mol. The third-order valence-corrected chi connectivity index (χ3v) is 4.48. The molecule has 0 radical (unpaired) electrons. The van der Waals surface area contributed by atoms with E-state index in [1.807, 2.05) is 0 Å². The Morgan fingerprint density at radius 1 is 1.45 bits per heavy atom. The molecule has 1 aliphatic rings. The normalized spacial score (nSPS) is 21.6. The summed E-state index contributed by atoms with van der Waals surface area (Å²) in [5, 5.41) is 11.9. The van der Waals surface area contributed by atoms with Crippen molar-refractivity contribution < 1.29 is 14.7 Å². The maximum atomic E-state index is 11.9. The van der Waals surface area contributed by atoms with Crippen LogP contribution in [0.2, 0.25) is 0 Å². The quantitative estimate of drug-likeness (QED) is 0.816. The molecular formula is C13H16N2O4S. The van der Waals surface area contributed by atoms with Crippen LogP contribution >= 0.6 is 11.8 Å². The van der Waals surface area contributed by atoms with Gasteiger partial charge in [0, 0.05) is 31.0 Å². The lowest BCUT2D eigenvalue weighted by molar-refractivity contribution is -0.146. The van der Waals surface area contributed by atoms with Crippen molar-refractivity contribution in [1.82, 2.24) is 9.88 Å². The van der Waals surface area contributed by atoms with Gasteiger partial charge < -0.3 is 15.0 Å². The van der Waals surface area contributed by atoms with E-state index in [0.29, 0.717) is 12.2 Å². The fourth-order valence-electron chi connectivity index (χ4n) is 2.08. The van der Waals surface area contributed by atoms with Crippen molar-refractivity contribution in [1.29, 1.82) is 0 Å². The summed E-state index contributed by atoms with van der Waals surface area (Å²) in [5.41, 5.74) is -1.33. The molecule has 0 spiro atoms. The molecule has 2 heterocycles. The second-order valence-corrected chi connectivity index (χ2v) is 5.83. The summed E-state index contributed by atoms with van der Waals surface area (Å²) in [7, 11) is 0. The molecule has 0 bridgehead atoms. The number of thioether (sulfide) groups is 1. The molecule has 6 nitrogen and oxygen atoms in total. The Hall–Kier alpha value is -1.76. The number of carbonyl (C=O) groups excluding carboxylic acids is 1. The topological polar surface area (TPSA) is 88.4 Å². The molecule has 1 aliphatic heterocycles. The number of aromatic nitrogens is 1. The van der Waals surface area contributed by atoms with Gasteiger partial charge in [-0.25, -0.2) is 4.79 Å². The minimum absolute atomic E-state index is 0.0869. The van der Waals surface area contributed by atoms with E-state index in [1.54, 1.807) is 18.3 Å². The van der Waals surface area contributed by atoms with Crippen LogP contribution in [0.25, 0.3) is 0 Å². The van der Waals surface area contributed by atoms with Gasteiger partial charge in [0.15, 0.2) is 0 Å². The highest BCUT2D eigenvalue weighted by Gasteiger charge is 2.43. The minimum Gasteiger partial charge on any atom is -0.479 e. The van der Waals surface area contributed by atoms with Crippen LogP contribution in [0.5, 0.6) is 0 Å². The van der Waals surface area contributed by atoms with Gasteiger partial charge in [0.1, 0.15) is 5.54 Å². The van der Waals surface area contributed by atoms with Crippen LogP contribution in [-0.4, -0.2) is 38.6 Å². The predicted octanol–water partition coefficient (Wildman–Crippen LogP) is 0.315. The number of rotatable bonds is 5. The SMILES string of the molecule is O=C(CCn1ccccc1=O)N[C@]1(C(=O)O)CCSC1. The van der Waals surface area contributed by atoms with Crippen LogP contribution in [0, 0.1) is 0 Å². The maximum absolute atomic E-state index is 11.9. The summed E-state index contributed by atoms with van der Waals surface area (Å²) in [5.74, 6) is -0.220. The van der Waals surface area contributed by atoms with Gasteiger partial charge in [0.2, 0.25) is 5.91 Å². The van der Waals surface area contributed by atoms with Crippen LogP contribution in [0.15, 0.2) is 29.2 Å². The molecule has 1 atom stereocenters.